The Morgan fingerprint density at radius 1 is 1.26 bits per heavy atom. The van der Waals surface area contributed by atoms with E-state index < -0.39 is 15.9 Å². The van der Waals surface area contributed by atoms with Crippen molar-refractivity contribution in [1.29, 1.82) is 0 Å². The number of carbonyl (C=O) groups excluding carboxylic acids is 1. The van der Waals surface area contributed by atoms with Crippen LogP contribution in [0.15, 0.2) is 33.8 Å². The number of aryl methyl sites for hydroxylation is 1. The highest BCUT2D eigenvalue weighted by molar-refractivity contribution is 7.89. The van der Waals surface area contributed by atoms with Gasteiger partial charge in [0.1, 0.15) is 5.75 Å². The second kappa shape index (κ2) is 7.89. The molecule has 27 heavy (non-hydrogen) atoms. The van der Waals surface area contributed by atoms with Gasteiger partial charge in [-0.1, -0.05) is 11.6 Å². The summed E-state index contributed by atoms with van der Waals surface area (Å²) in [6.07, 6.45) is 0. The SMILES string of the molecule is COc1cc(Cl)c(C)cc1NC(=O)c1ccc(S(=O)(=O)N2CCOCC2)o1. The Bertz CT molecular complexity index is 950. The maximum Gasteiger partial charge on any atom is 0.291 e. The Morgan fingerprint density at radius 2 is 1.96 bits per heavy atom. The predicted molar refractivity (Wildman–Crippen MR) is 99.0 cm³/mol. The van der Waals surface area contributed by atoms with E-state index in [1.807, 2.05) is 0 Å². The maximum atomic E-state index is 12.6. The van der Waals surface area contributed by atoms with Crippen molar-refractivity contribution in [3.63, 3.8) is 0 Å². The number of nitrogens with zero attached hydrogens (tertiary/aromatic N) is 1. The summed E-state index contributed by atoms with van der Waals surface area (Å²) in [7, 11) is -2.35. The van der Waals surface area contributed by atoms with Gasteiger partial charge in [0.15, 0.2) is 5.76 Å². The first kappa shape index (κ1) is 19.7. The van der Waals surface area contributed by atoms with Crippen LogP contribution >= 0.6 is 11.6 Å². The number of halogens is 1. The minimum absolute atomic E-state index is 0.128. The summed E-state index contributed by atoms with van der Waals surface area (Å²) < 4.78 is 42.1. The molecule has 1 aliphatic rings. The Kier molecular flexibility index (Phi) is 5.75. The van der Waals surface area contributed by atoms with E-state index in [-0.39, 0.29) is 23.9 Å². The number of amides is 1. The summed E-state index contributed by atoms with van der Waals surface area (Å²) in [5.41, 5.74) is 1.15. The van der Waals surface area contributed by atoms with E-state index in [9.17, 15) is 13.2 Å². The van der Waals surface area contributed by atoms with E-state index in [1.54, 1.807) is 19.1 Å². The molecule has 0 atom stereocenters. The average molecular weight is 415 g/mol. The van der Waals surface area contributed by atoms with Gasteiger partial charge in [-0.25, -0.2) is 8.42 Å². The molecule has 1 fully saturated rings. The fourth-order valence-electron chi connectivity index (χ4n) is 2.61. The number of anilines is 1. The lowest BCUT2D eigenvalue weighted by Gasteiger charge is -2.24. The van der Waals surface area contributed by atoms with Crippen molar-refractivity contribution in [2.24, 2.45) is 0 Å². The number of benzene rings is 1. The van der Waals surface area contributed by atoms with Crippen LogP contribution in [0.5, 0.6) is 5.75 Å². The summed E-state index contributed by atoms with van der Waals surface area (Å²) in [4.78, 5) is 12.5. The van der Waals surface area contributed by atoms with Crippen molar-refractivity contribution in [1.82, 2.24) is 4.31 Å². The standard InChI is InChI=1S/C17H19ClN2O6S/c1-11-9-13(15(24-2)10-12(11)18)19-17(21)14-3-4-16(26-14)27(22,23)20-5-7-25-8-6-20/h3-4,9-10H,5-8H2,1-2H3,(H,19,21). The molecule has 0 saturated carbocycles. The van der Waals surface area contributed by atoms with Crippen LogP contribution in [0.2, 0.25) is 5.02 Å². The molecule has 0 spiro atoms. The first-order valence-corrected chi connectivity index (χ1v) is 9.98. The number of hydrogen-bond donors (Lipinski definition) is 1. The Labute approximate surface area is 162 Å². The number of ether oxygens (including phenoxy) is 2. The number of morpholine rings is 1. The van der Waals surface area contributed by atoms with Crippen LogP contribution in [0.25, 0.3) is 0 Å². The van der Waals surface area contributed by atoms with Gasteiger partial charge >= 0.3 is 0 Å². The molecule has 146 valence electrons. The van der Waals surface area contributed by atoms with Gasteiger partial charge < -0.3 is 19.2 Å². The zero-order valence-electron chi connectivity index (χ0n) is 14.8. The minimum atomic E-state index is -3.81. The molecular weight excluding hydrogens is 396 g/mol. The van der Waals surface area contributed by atoms with Crippen molar-refractivity contribution in [3.05, 3.63) is 40.6 Å². The Hall–Kier alpha value is -2.07. The van der Waals surface area contributed by atoms with Crippen LogP contribution in [0, 0.1) is 6.92 Å². The van der Waals surface area contributed by atoms with Crippen LogP contribution in [0.3, 0.4) is 0 Å². The van der Waals surface area contributed by atoms with Gasteiger partial charge in [0.25, 0.3) is 15.9 Å². The highest BCUT2D eigenvalue weighted by Crippen LogP contribution is 2.31. The second-order valence-electron chi connectivity index (χ2n) is 5.89. The molecule has 1 aromatic heterocycles. The average Bonchev–Trinajstić information content (AvgIpc) is 3.16. The quantitative estimate of drug-likeness (QED) is 0.807. The summed E-state index contributed by atoms with van der Waals surface area (Å²) in [5.74, 6) is -0.346. The lowest BCUT2D eigenvalue weighted by molar-refractivity contribution is 0.0723. The molecule has 1 N–H and O–H groups in total. The fraction of sp³-hybridized carbons (Fsp3) is 0.353. The van der Waals surface area contributed by atoms with E-state index in [1.165, 1.54) is 23.5 Å². The van der Waals surface area contributed by atoms with E-state index in [0.717, 1.165) is 5.56 Å². The van der Waals surface area contributed by atoms with Crippen molar-refractivity contribution in [2.45, 2.75) is 12.0 Å². The first-order valence-electron chi connectivity index (χ1n) is 8.16. The van der Waals surface area contributed by atoms with Crippen LogP contribution in [0.1, 0.15) is 16.1 Å². The van der Waals surface area contributed by atoms with E-state index >= 15 is 0 Å². The molecular formula is C17H19ClN2O6S. The molecule has 2 aromatic rings. The molecule has 1 amide bonds. The number of hydrogen-bond acceptors (Lipinski definition) is 6. The van der Waals surface area contributed by atoms with E-state index in [0.29, 0.717) is 29.7 Å². The summed E-state index contributed by atoms with van der Waals surface area (Å²) in [6.45, 7) is 2.92. The molecule has 10 heteroatoms. The molecule has 0 bridgehead atoms. The van der Waals surface area contributed by atoms with Gasteiger partial charge in [-0.15, -0.1) is 0 Å². The lowest BCUT2D eigenvalue weighted by Crippen LogP contribution is -2.40. The monoisotopic (exact) mass is 414 g/mol. The number of sulfonamides is 1. The predicted octanol–water partition coefficient (Wildman–Crippen LogP) is 2.52. The Balaban J connectivity index is 1.80. The van der Waals surface area contributed by atoms with Gasteiger partial charge in [0.2, 0.25) is 5.09 Å². The third-order valence-electron chi connectivity index (χ3n) is 4.10. The number of methoxy groups -OCH3 is 1. The largest absolute Gasteiger partial charge is 0.495 e. The fourth-order valence-corrected chi connectivity index (χ4v) is 4.08. The lowest BCUT2D eigenvalue weighted by atomic mass is 10.2. The van der Waals surface area contributed by atoms with Crippen LogP contribution in [-0.4, -0.2) is 52.0 Å². The third-order valence-corrected chi connectivity index (χ3v) is 6.28. The number of nitrogens with one attached hydrogen (secondary N) is 1. The molecule has 2 heterocycles. The van der Waals surface area contributed by atoms with Gasteiger partial charge in [-0.3, -0.25) is 4.79 Å². The molecule has 0 unspecified atom stereocenters. The second-order valence-corrected chi connectivity index (χ2v) is 8.17. The highest BCUT2D eigenvalue weighted by Gasteiger charge is 2.30. The van der Waals surface area contributed by atoms with Gasteiger partial charge in [-0.2, -0.15) is 4.31 Å². The van der Waals surface area contributed by atoms with E-state index in [4.69, 9.17) is 25.5 Å². The molecule has 1 saturated heterocycles. The molecule has 3 rings (SSSR count). The van der Waals surface area contributed by atoms with Gasteiger partial charge in [-0.05, 0) is 30.7 Å². The summed E-state index contributed by atoms with van der Waals surface area (Å²) in [5, 5.41) is 2.86. The van der Waals surface area contributed by atoms with Crippen molar-refractivity contribution >= 4 is 33.2 Å². The highest BCUT2D eigenvalue weighted by atomic mass is 35.5. The van der Waals surface area contributed by atoms with Crippen LogP contribution < -0.4 is 10.1 Å². The van der Waals surface area contributed by atoms with Crippen molar-refractivity contribution < 1.29 is 27.1 Å². The molecule has 8 nitrogen and oxygen atoms in total. The topological polar surface area (TPSA) is 98.1 Å². The molecule has 1 aromatic carbocycles. The van der Waals surface area contributed by atoms with Crippen LogP contribution in [-0.2, 0) is 14.8 Å². The third kappa shape index (κ3) is 4.11. The van der Waals surface area contributed by atoms with Crippen LogP contribution in [0.4, 0.5) is 5.69 Å². The first-order chi connectivity index (χ1) is 12.8. The number of furan rings is 1. The smallest absolute Gasteiger partial charge is 0.291 e. The summed E-state index contributed by atoms with van der Waals surface area (Å²) >= 11 is 6.05. The van der Waals surface area contributed by atoms with Crippen molar-refractivity contribution in [3.8, 4) is 5.75 Å². The molecule has 0 aliphatic carbocycles. The van der Waals surface area contributed by atoms with E-state index in [2.05, 4.69) is 5.32 Å². The summed E-state index contributed by atoms with van der Waals surface area (Å²) in [6, 6.07) is 5.83. The zero-order valence-corrected chi connectivity index (χ0v) is 16.4. The normalized spacial score (nSPS) is 15.5. The van der Waals surface area contributed by atoms with Gasteiger partial charge in [0, 0.05) is 24.2 Å². The maximum absolute atomic E-state index is 12.6. The van der Waals surface area contributed by atoms with Gasteiger partial charge in [0.05, 0.1) is 26.0 Å². The molecule has 0 radical (unpaired) electrons. The Morgan fingerprint density at radius 3 is 2.63 bits per heavy atom. The minimum Gasteiger partial charge on any atom is -0.495 e. The van der Waals surface area contributed by atoms with Crippen molar-refractivity contribution in [2.75, 3.05) is 38.7 Å². The zero-order chi connectivity index (χ0) is 19.6. The molecule has 1 aliphatic heterocycles. The number of rotatable bonds is 5. The number of carbonyl (C=O) groups is 1.